The Labute approximate surface area is 135 Å². The van der Waals surface area contributed by atoms with Crippen LogP contribution in [0, 0.1) is 6.92 Å². The van der Waals surface area contributed by atoms with Gasteiger partial charge in [0.15, 0.2) is 11.5 Å². The van der Waals surface area contributed by atoms with E-state index in [4.69, 9.17) is 4.74 Å². The van der Waals surface area contributed by atoms with Crippen molar-refractivity contribution in [1.82, 2.24) is 4.90 Å². The van der Waals surface area contributed by atoms with Crippen molar-refractivity contribution in [2.45, 2.75) is 32.4 Å². The molecule has 0 spiro atoms. The fourth-order valence-electron chi connectivity index (χ4n) is 3.93. The zero-order valence-electron chi connectivity index (χ0n) is 13.5. The third kappa shape index (κ3) is 2.25. The molecule has 0 bridgehead atoms. The first-order chi connectivity index (χ1) is 11.1. The number of aromatic hydroxyl groups is 2. The average molecular weight is 311 g/mol. The van der Waals surface area contributed by atoms with Gasteiger partial charge in [0.2, 0.25) is 0 Å². The molecule has 0 unspecified atom stereocenters. The third-order valence-corrected chi connectivity index (χ3v) is 5.21. The first-order valence-corrected chi connectivity index (χ1v) is 8.02. The molecule has 2 aliphatic rings. The molecule has 2 aromatic rings. The first kappa shape index (κ1) is 14.4. The quantitative estimate of drug-likeness (QED) is 0.850. The highest BCUT2D eigenvalue weighted by molar-refractivity contribution is 5.50. The molecule has 0 aromatic heterocycles. The van der Waals surface area contributed by atoms with Crippen LogP contribution in [0.25, 0.3) is 0 Å². The Hall–Kier alpha value is -2.20. The number of benzene rings is 2. The van der Waals surface area contributed by atoms with Crippen molar-refractivity contribution in [3.05, 3.63) is 52.1 Å². The number of nitrogens with zero attached hydrogens (tertiary/aromatic N) is 1. The van der Waals surface area contributed by atoms with E-state index in [1.165, 1.54) is 22.3 Å². The van der Waals surface area contributed by atoms with E-state index in [1.807, 2.05) is 25.1 Å². The van der Waals surface area contributed by atoms with Gasteiger partial charge < -0.3 is 14.9 Å². The molecule has 4 nitrogen and oxygen atoms in total. The van der Waals surface area contributed by atoms with Gasteiger partial charge in [0.1, 0.15) is 5.75 Å². The molecule has 23 heavy (non-hydrogen) atoms. The van der Waals surface area contributed by atoms with Crippen LogP contribution in [-0.4, -0.2) is 28.8 Å². The Kier molecular flexibility index (Phi) is 3.23. The molecule has 120 valence electrons. The lowest BCUT2D eigenvalue weighted by Gasteiger charge is -2.41. The summed E-state index contributed by atoms with van der Waals surface area (Å²) in [5.41, 5.74) is 5.90. The van der Waals surface area contributed by atoms with Gasteiger partial charge in [-0.05, 0) is 65.8 Å². The highest BCUT2D eigenvalue weighted by atomic mass is 16.5. The third-order valence-electron chi connectivity index (χ3n) is 5.21. The topological polar surface area (TPSA) is 52.9 Å². The van der Waals surface area contributed by atoms with Gasteiger partial charge >= 0.3 is 0 Å². The summed E-state index contributed by atoms with van der Waals surface area (Å²) in [7, 11) is 1.58. The molecule has 0 aliphatic carbocycles. The van der Waals surface area contributed by atoms with Crippen LogP contribution in [-0.2, 0) is 19.4 Å². The molecule has 0 saturated heterocycles. The maximum absolute atomic E-state index is 10.1. The summed E-state index contributed by atoms with van der Waals surface area (Å²) in [6, 6.07) is 8.11. The molecule has 2 N–H and O–H groups in total. The minimum Gasteiger partial charge on any atom is -0.508 e. The lowest BCUT2D eigenvalue weighted by Crippen LogP contribution is -2.39. The molecule has 4 heteroatoms. The van der Waals surface area contributed by atoms with Gasteiger partial charge in [-0.15, -0.1) is 0 Å². The molecule has 0 radical (unpaired) electrons. The summed E-state index contributed by atoms with van der Waals surface area (Å²) in [4.78, 5) is 2.44. The van der Waals surface area contributed by atoms with E-state index in [0.29, 0.717) is 11.5 Å². The molecule has 4 rings (SSSR count). The summed E-state index contributed by atoms with van der Waals surface area (Å²) in [6.07, 6.45) is 1.88. The lowest BCUT2D eigenvalue weighted by molar-refractivity contribution is 0.160. The number of methoxy groups -OCH3 is 1. The van der Waals surface area contributed by atoms with Gasteiger partial charge in [0.25, 0.3) is 0 Å². The summed E-state index contributed by atoms with van der Waals surface area (Å²) >= 11 is 0. The van der Waals surface area contributed by atoms with Crippen LogP contribution in [0.15, 0.2) is 24.3 Å². The monoisotopic (exact) mass is 311 g/mol. The molecular weight excluding hydrogens is 290 g/mol. The van der Waals surface area contributed by atoms with Crippen LogP contribution in [0.3, 0.4) is 0 Å². The van der Waals surface area contributed by atoms with Crippen molar-refractivity contribution in [2.24, 2.45) is 0 Å². The molecule has 2 heterocycles. The van der Waals surface area contributed by atoms with Crippen LogP contribution in [0.5, 0.6) is 17.2 Å². The number of phenolic OH excluding ortho intramolecular Hbond substituents is 2. The van der Waals surface area contributed by atoms with Gasteiger partial charge in [-0.2, -0.15) is 0 Å². The number of fused-ring (bicyclic) bond motifs is 4. The van der Waals surface area contributed by atoms with E-state index in [1.54, 1.807) is 7.11 Å². The molecule has 0 amide bonds. The van der Waals surface area contributed by atoms with Gasteiger partial charge in [-0.3, -0.25) is 4.90 Å². The number of hydrogen-bond donors (Lipinski definition) is 2. The van der Waals surface area contributed by atoms with E-state index >= 15 is 0 Å². The Morgan fingerprint density at radius 2 is 1.87 bits per heavy atom. The van der Waals surface area contributed by atoms with E-state index in [2.05, 4.69) is 11.0 Å². The largest absolute Gasteiger partial charge is 0.508 e. The molecule has 0 saturated carbocycles. The van der Waals surface area contributed by atoms with E-state index < -0.39 is 0 Å². The zero-order valence-corrected chi connectivity index (χ0v) is 13.5. The molecule has 2 aliphatic heterocycles. The minimum atomic E-state index is 0.204. The number of rotatable bonds is 1. The molecule has 1 atom stereocenters. The van der Waals surface area contributed by atoms with Crippen molar-refractivity contribution in [1.29, 1.82) is 0 Å². The highest BCUT2D eigenvalue weighted by Gasteiger charge is 2.33. The van der Waals surface area contributed by atoms with Gasteiger partial charge in [-0.25, -0.2) is 0 Å². The number of hydrogen-bond acceptors (Lipinski definition) is 4. The summed E-state index contributed by atoms with van der Waals surface area (Å²) in [5.74, 6) is 1.11. The van der Waals surface area contributed by atoms with Gasteiger partial charge in [-0.1, -0.05) is 6.07 Å². The smallest absolute Gasteiger partial charge is 0.160 e. The lowest BCUT2D eigenvalue weighted by atomic mass is 9.83. The van der Waals surface area contributed by atoms with Crippen molar-refractivity contribution in [3.8, 4) is 17.2 Å². The van der Waals surface area contributed by atoms with Crippen LogP contribution < -0.4 is 4.74 Å². The van der Waals surface area contributed by atoms with Crippen LogP contribution in [0.1, 0.15) is 33.9 Å². The predicted octanol–water partition coefficient (Wildman–Crippen LogP) is 3.07. The van der Waals surface area contributed by atoms with Crippen LogP contribution >= 0.6 is 0 Å². The highest BCUT2D eigenvalue weighted by Crippen LogP contribution is 2.42. The summed E-state index contributed by atoms with van der Waals surface area (Å²) in [5, 5.41) is 20.1. The predicted molar refractivity (Wildman–Crippen MR) is 88.1 cm³/mol. The standard InChI is InChI=1S/C19H21NO3/c1-11-5-12-3-4-20-10-14-7-18(22)19(23-2)8-13(14)6-16(20)15(12)9-17(11)21/h5,7-9,16,21-22H,3-4,6,10H2,1-2H3/t16-/m1/s1. The average Bonchev–Trinajstić information content (AvgIpc) is 2.54. The second-order valence-electron chi connectivity index (χ2n) is 6.57. The molecular formula is C19H21NO3. The first-order valence-electron chi connectivity index (χ1n) is 8.02. The second-order valence-corrected chi connectivity index (χ2v) is 6.57. The van der Waals surface area contributed by atoms with Gasteiger partial charge in [0.05, 0.1) is 7.11 Å². The number of aryl methyl sites for hydroxylation is 1. The van der Waals surface area contributed by atoms with Crippen molar-refractivity contribution < 1.29 is 14.9 Å². The maximum atomic E-state index is 10.1. The second kappa shape index (κ2) is 5.17. The normalized spacial score (nSPS) is 19.7. The maximum Gasteiger partial charge on any atom is 0.160 e. The zero-order chi connectivity index (χ0) is 16.1. The summed E-state index contributed by atoms with van der Waals surface area (Å²) in [6.45, 7) is 3.78. The van der Waals surface area contributed by atoms with Crippen molar-refractivity contribution >= 4 is 0 Å². The Morgan fingerprint density at radius 1 is 1.04 bits per heavy atom. The fourth-order valence-corrected chi connectivity index (χ4v) is 3.93. The minimum absolute atomic E-state index is 0.204. The number of ether oxygens (including phenoxy) is 1. The van der Waals surface area contributed by atoms with E-state index in [9.17, 15) is 10.2 Å². The van der Waals surface area contributed by atoms with E-state index in [0.717, 1.165) is 31.5 Å². The van der Waals surface area contributed by atoms with Crippen molar-refractivity contribution in [2.75, 3.05) is 13.7 Å². The molecule has 0 fully saturated rings. The van der Waals surface area contributed by atoms with Crippen LogP contribution in [0.2, 0.25) is 0 Å². The van der Waals surface area contributed by atoms with Gasteiger partial charge in [0, 0.05) is 19.1 Å². The van der Waals surface area contributed by atoms with Crippen LogP contribution in [0.4, 0.5) is 0 Å². The Morgan fingerprint density at radius 3 is 2.65 bits per heavy atom. The number of phenols is 2. The SMILES string of the molecule is COc1cc2c(cc1O)CN1CCc3cc(C)c(O)cc3[C@H]1C2. The Bertz CT molecular complexity index is 785. The molecule has 2 aromatic carbocycles. The summed E-state index contributed by atoms with van der Waals surface area (Å²) < 4.78 is 5.25. The van der Waals surface area contributed by atoms with Crippen molar-refractivity contribution in [3.63, 3.8) is 0 Å². The van der Waals surface area contributed by atoms with E-state index in [-0.39, 0.29) is 11.8 Å². The fraction of sp³-hybridized carbons (Fsp3) is 0.368. The Balaban J connectivity index is 1.77.